The standard InChI is InChI=1S/C24H34O3/c1-5-21(17-15-19-11-7-9-13-23(19)25-3)27-22(6-2)18-16-20-12-8-10-14-24(20)26-4/h7-14,21-22H,5-6,15-18H2,1-4H3. The first-order valence-corrected chi connectivity index (χ1v) is 10.1. The van der Waals surface area contributed by atoms with Crippen molar-refractivity contribution in [3.8, 4) is 11.5 Å². The zero-order valence-corrected chi connectivity index (χ0v) is 17.2. The van der Waals surface area contributed by atoms with Crippen LogP contribution >= 0.6 is 0 Å². The van der Waals surface area contributed by atoms with Gasteiger partial charge in [0, 0.05) is 0 Å². The molecule has 0 radical (unpaired) electrons. The molecular formula is C24H34O3. The summed E-state index contributed by atoms with van der Waals surface area (Å²) in [6.45, 7) is 4.42. The van der Waals surface area contributed by atoms with Gasteiger partial charge >= 0.3 is 0 Å². The maximum absolute atomic E-state index is 6.46. The molecular weight excluding hydrogens is 336 g/mol. The molecule has 3 nitrogen and oxygen atoms in total. The van der Waals surface area contributed by atoms with Crippen molar-refractivity contribution in [2.24, 2.45) is 0 Å². The monoisotopic (exact) mass is 370 g/mol. The molecule has 0 saturated heterocycles. The summed E-state index contributed by atoms with van der Waals surface area (Å²) in [5.41, 5.74) is 2.51. The van der Waals surface area contributed by atoms with Gasteiger partial charge in [-0.1, -0.05) is 50.2 Å². The molecule has 0 aromatic heterocycles. The van der Waals surface area contributed by atoms with Crippen LogP contribution in [0.25, 0.3) is 0 Å². The number of benzene rings is 2. The number of para-hydroxylation sites is 2. The minimum Gasteiger partial charge on any atom is -0.496 e. The number of ether oxygens (including phenoxy) is 3. The van der Waals surface area contributed by atoms with Gasteiger partial charge in [0.2, 0.25) is 0 Å². The van der Waals surface area contributed by atoms with Gasteiger partial charge in [0.05, 0.1) is 26.4 Å². The van der Waals surface area contributed by atoms with Crippen molar-refractivity contribution in [3.63, 3.8) is 0 Å². The average Bonchev–Trinajstić information content (AvgIpc) is 2.73. The Morgan fingerprint density at radius 2 is 1.07 bits per heavy atom. The second-order valence-electron chi connectivity index (χ2n) is 6.90. The van der Waals surface area contributed by atoms with E-state index in [1.165, 1.54) is 11.1 Å². The number of hydrogen-bond acceptors (Lipinski definition) is 3. The molecule has 2 aromatic carbocycles. The Morgan fingerprint density at radius 1 is 0.667 bits per heavy atom. The van der Waals surface area contributed by atoms with Crippen LogP contribution in [0.15, 0.2) is 48.5 Å². The molecule has 0 fully saturated rings. The van der Waals surface area contributed by atoms with Crippen LogP contribution in [0.1, 0.15) is 50.7 Å². The van der Waals surface area contributed by atoms with E-state index in [-0.39, 0.29) is 12.2 Å². The zero-order chi connectivity index (χ0) is 19.5. The summed E-state index contributed by atoms with van der Waals surface area (Å²) < 4.78 is 17.4. The second kappa shape index (κ2) is 11.7. The largest absolute Gasteiger partial charge is 0.496 e. The molecule has 0 bridgehead atoms. The molecule has 27 heavy (non-hydrogen) atoms. The first-order chi connectivity index (χ1) is 13.2. The highest BCUT2D eigenvalue weighted by Crippen LogP contribution is 2.24. The van der Waals surface area contributed by atoms with Crippen LogP contribution in [0.4, 0.5) is 0 Å². The van der Waals surface area contributed by atoms with Gasteiger partial charge in [-0.15, -0.1) is 0 Å². The van der Waals surface area contributed by atoms with Crippen LogP contribution in [0.2, 0.25) is 0 Å². The van der Waals surface area contributed by atoms with E-state index in [0.717, 1.165) is 50.0 Å². The lowest BCUT2D eigenvalue weighted by Crippen LogP contribution is -2.22. The average molecular weight is 371 g/mol. The first kappa shape index (κ1) is 21.3. The number of aryl methyl sites for hydroxylation is 2. The predicted octanol–water partition coefficient (Wildman–Crippen LogP) is 5.84. The second-order valence-corrected chi connectivity index (χ2v) is 6.90. The van der Waals surface area contributed by atoms with Crippen molar-refractivity contribution in [1.29, 1.82) is 0 Å². The quantitative estimate of drug-likeness (QED) is 0.469. The van der Waals surface area contributed by atoms with E-state index < -0.39 is 0 Å². The molecule has 2 aromatic rings. The number of rotatable bonds is 12. The normalized spacial score (nSPS) is 13.2. The molecule has 0 amide bonds. The SMILES string of the molecule is CCC(CCc1ccccc1OC)OC(CC)CCc1ccccc1OC. The van der Waals surface area contributed by atoms with E-state index in [1.54, 1.807) is 14.2 Å². The highest BCUT2D eigenvalue weighted by molar-refractivity contribution is 5.34. The molecule has 148 valence electrons. The van der Waals surface area contributed by atoms with Gasteiger partial charge in [0.15, 0.2) is 0 Å². The third-order valence-corrected chi connectivity index (χ3v) is 5.15. The van der Waals surface area contributed by atoms with Gasteiger partial charge in [-0.25, -0.2) is 0 Å². The molecule has 0 saturated carbocycles. The van der Waals surface area contributed by atoms with Crippen LogP contribution in [0.3, 0.4) is 0 Å². The van der Waals surface area contributed by atoms with Gasteiger partial charge in [0.25, 0.3) is 0 Å². The molecule has 0 aliphatic heterocycles. The highest BCUT2D eigenvalue weighted by Gasteiger charge is 2.16. The van der Waals surface area contributed by atoms with Crippen LogP contribution in [-0.4, -0.2) is 26.4 Å². The zero-order valence-electron chi connectivity index (χ0n) is 17.2. The van der Waals surface area contributed by atoms with Gasteiger partial charge < -0.3 is 14.2 Å². The molecule has 0 spiro atoms. The van der Waals surface area contributed by atoms with Gasteiger partial charge in [-0.05, 0) is 61.8 Å². The van der Waals surface area contributed by atoms with E-state index in [1.807, 2.05) is 24.3 Å². The Morgan fingerprint density at radius 3 is 1.44 bits per heavy atom. The minimum atomic E-state index is 0.275. The molecule has 2 unspecified atom stereocenters. The summed E-state index contributed by atoms with van der Waals surface area (Å²) in [7, 11) is 3.47. The summed E-state index contributed by atoms with van der Waals surface area (Å²) in [5.74, 6) is 1.94. The molecule has 0 aliphatic carbocycles. The molecule has 2 rings (SSSR count). The maximum atomic E-state index is 6.46. The Bertz CT molecular complexity index is 611. The van der Waals surface area contributed by atoms with Crippen LogP contribution in [0, 0.1) is 0 Å². The minimum absolute atomic E-state index is 0.275. The molecule has 3 heteroatoms. The fraction of sp³-hybridized carbons (Fsp3) is 0.500. The Balaban J connectivity index is 1.88. The first-order valence-electron chi connectivity index (χ1n) is 10.1. The van der Waals surface area contributed by atoms with Crippen molar-refractivity contribution >= 4 is 0 Å². The van der Waals surface area contributed by atoms with E-state index in [2.05, 4.69) is 38.1 Å². The summed E-state index contributed by atoms with van der Waals surface area (Å²) in [6.07, 6.45) is 6.59. The van der Waals surface area contributed by atoms with Gasteiger partial charge in [-0.3, -0.25) is 0 Å². The Hall–Kier alpha value is -2.00. The molecule has 0 aliphatic rings. The Labute approximate surface area is 164 Å². The lowest BCUT2D eigenvalue weighted by atomic mass is 10.0. The lowest BCUT2D eigenvalue weighted by Gasteiger charge is -2.24. The number of methoxy groups -OCH3 is 2. The van der Waals surface area contributed by atoms with Crippen molar-refractivity contribution in [2.45, 2.75) is 64.6 Å². The highest BCUT2D eigenvalue weighted by atomic mass is 16.5. The van der Waals surface area contributed by atoms with Crippen LogP contribution < -0.4 is 9.47 Å². The van der Waals surface area contributed by atoms with Crippen molar-refractivity contribution in [3.05, 3.63) is 59.7 Å². The topological polar surface area (TPSA) is 27.7 Å². The van der Waals surface area contributed by atoms with Gasteiger partial charge in [-0.2, -0.15) is 0 Å². The van der Waals surface area contributed by atoms with Crippen LogP contribution in [-0.2, 0) is 17.6 Å². The van der Waals surface area contributed by atoms with Crippen molar-refractivity contribution < 1.29 is 14.2 Å². The van der Waals surface area contributed by atoms with E-state index in [9.17, 15) is 0 Å². The van der Waals surface area contributed by atoms with Crippen LogP contribution in [0.5, 0.6) is 11.5 Å². The summed E-state index contributed by atoms with van der Waals surface area (Å²) in [5, 5.41) is 0. The fourth-order valence-electron chi connectivity index (χ4n) is 3.46. The number of hydrogen-bond donors (Lipinski definition) is 0. The summed E-state index contributed by atoms with van der Waals surface area (Å²) >= 11 is 0. The van der Waals surface area contributed by atoms with Crippen molar-refractivity contribution in [1.82, 2.24) is 0 Å². The van der Waals surface area contributed by atoms with Gasteiger partial charge in [0.1, 0.15) is 11.5 Å². The van der Waals surface area contributed by atoms with E-state index in [4.69, 9.17) is 14.2 Å². The fourth-order valence-corrected chi connectivity index (χ4v) is 3.46. The maximum Gasteiger partial charge on any atom is 0.122 e. The molecule has 0 heterocycles. The summed E-state index contributed by atoms with van der Waals surface area (Å²) in [6, 6.07) is 16.5. The third kappa shape index (κ3) is 6.59. The van der Waals surface area contributed by atoms with E-state index >= 15 is 0 Å². The smallest absolute Gasteiger partial charge is 0.122 e. The molecule has 0 N–H and O–H groups in total. The predicted molar refractivity (Wildman–Crippen MR) is 112 cm³/mol. The van der Waals surface area contributed by atoms with Crippen molar-refractivity contribution in [2.75, 3.05) is 14.2 Å². The Kier molecular flexibility index (Phi) is 9.20. The van der Waals surface area contributed by atoms with E-state index in [0.29, 0.717) is 0 Å². The summed E-state index contributed by atoms with van der Waals surface area (Å²) in [4.78, 5) is 0. The third-order valence-electron chi connectivity index (χ3n) is 5.15. The lowest BCUT2D eigenvalue weighted by molar-refractivity contribution is -0.0233. The molecule has 2 atom stereocenters.